The normalized spacial score (nSPS) is 14.3. The van der Waals surface area contributed by atoms with Crippen LogP contribution in [-0.2, 0) is 0 Å². The van der Waals surface area contributed by atoms with Gasteiger partial charge in [-0.1, -0.05) is 66.2 Å². The molecule has 0 rings (SSSR count). The number of nitrogens with zero attached hydrogens (tertiary/aromatic N) is 1. The molecule has 0 bridgehead atoms. The van der Waals surface area contributed by atoms with Crippen molar-refractivity contribution < 1.29 is 0 Å². The smallest absolute Gasteiger partial charge is 0.00309 e. The zero-order valence-corrected chi connectivity index (χ0v) is 15.2. The van der Waals surface area contributed by atoms with Crippen molar-refractivity contribution in [3.8, 4) is 0 Å². The molecule has 0 aliphatic carbocycles. The largest absolute Gasteiger partial charge is 0.313 e. The average molecular weight is 297 g/mol. The van der Waals surface area contributed by atoms with Crippen LogP contribution in [0.3, 0.4) is 0 Å². The first-order valence-corrected chi connectivity index (χ1v) is 9.42. The molecule has 0 spiro atoms. The first kappa shape index (κ1) is 20.6. The zero-order chi connectivity index (χ0) is 15.9. The van der Waals surface area contributed by atoms with E-state index in [0.717, 1.165) is 24.8 Å². The van der Waals surface area contributed by atoms with Crippen LogP contribution < -0.4 is 0 Å². The monoisotopic (exact) mass is 296 g/mol. The van der Waals surface area contributed by atoms with Gasteiger partial charge in [0.1, 0.15) is 0 Å². The number of hydrogen-bond acceptors (Lipinski definition) is 2. The van der Waals surface area contributed by atoms with Gasteiger partial charge < -0.3 is 10.3 Å². The van der Waals surface area contributed by atoms with Crippen LogP contribution in [0.4, 0.5) is 0 Å². The average Bonchev–Trinajstić information content (AvgIpc) is 2.52. The first-order valence-electron chi connectivity index (χ1n) is 9.42. The number of rotatable bonds is 15. The van der Waals surface area contributed by atoms with Crippen molar-refractivity contribution >= 4 is 6.21 Å². The molecule has 1 N–H and O–H groups in total. The Hall–Kier alpha value is -0.370. The second-order valence-corrected chi connectivity index (χ2v) is 6.59. The molecule has 0 saturated carbocycles. The molecule has 21 heavy (non-hydrogen) atoms. The second kappa shape index (κ2) is 14.6. The van der Waals surface area contributed by atoms with E-state index in [1.807, 2.05) is 0 Å². The van der Waals surface area contributed by atoms with Gasteiger partial charge in [-0.3, -0.25) is 0 Å². The van der Waals surface area contributed by atoms with Crippen LogP contribution >= 0.6 is 0 Å². The van der Waals surface area contributed by atoms with Crippen LogP contribution in [0.1, 0.15) is 85.5 Å². The maximum absolute atomic E-state index is 7.32. The lowest BCUT2D eigenvalue weighted by Gasteiger charge is -2.30. The number of unbranched alkanes of at least 4 members (excludes halogenated alkanes) is 2. The summed E-state index contributed by atoms with van der Waals surface area (Å²) in [7, 11) is 0. The van der Waals surface area contributed by atoms with Crippen molar-refractivity contribution in [1.82, 2.24) is 4.90 Å². The molecule has 0 radical (unpaired) electrons. The summed E-state index contributed by atoms with van der Waals surface area (Å²) in [5, 5.41) is 7.32. The molecule has 2 unspecified atom stereocenters. The highest BCUT2D eigenvalue weighted by molar-refractivity contribution is 5.52. The van der Waals surface area contributed by atoms with Crippen molar-refractivity contribution in [2.75, 3.05) is 19.6 Å². The van der Waals surface area contributed by atoms with Gasteiger partial charge in [0, 0.05) is 19.6 Å². The lowest BCUT2D eigenvalue weighted by Crippen LogP contribution is -2.35. The van der Waals surface area contributed by atoms with E-state index in [1.165, 1.54) is 64.5 Å². The highest BCUT2D eigenvalue weighted by Gasteiger charge is 2.16. The SMILES string of the molecule is CCCCC(CC)CN(CCC=N)CC(CC)CCCC. The summed E-state index contributed by atoms with van der Waals surface area (Å²) >= 11 is 0. The van der Waals surface area contributed by atoms with Crippen LogP contribution in [0.5, 0.6) is 0 Å². The molecule has 2 nitrogen and oxygen atoms in total. The van der Waals surface area contributed by atoms with Crippen molar-refractivity contribution in [1.29, 1.82) is 5.41 Å². The van der Waals surface area contributed by atoms with Gasteiger partial charge in [-0.05, 0) is 37.3 Å². The standard InChI is InChI=1S/C19H40N2/c1-5-9-12-18(7-3)16-21(15-11-14-20)17-19(8-4)13-10-6-2/h14,18-20H,5-13,15-17H2,1-4H3. The van der Waals surface area contributed by atoms with Crippen LogP contribution in [0.2, 0.25) is 0 Å². The van der Waals surface area contributed by atoms with E-state index in [1.54, 1.807) is 6.21 Å². The van der Waals surface area contributed by atoms with Crippen molar-refractivity contribution in [2.24, 2.45) is 11.8 Å². The molecule has 0 heterocycles. The van der Waals surface area contributed by atoms with Gasteiger partial charge in [0.25, 0.3) is 0 Å². The predicted molar refractivity (Wildman–Crippen MR) is 96.5 cm³/mol. The van der Waals surface area contributed by atoms with Gasteiger partial charge in [-0.15, -0.1) is 0 Å². The predicted octanol–water partition coefficient (Wildman–Crippen LogP) is 5.76. The van der Waals surface area contributed by atoms with Crippen LogP contribution in [0.15, 0.2) is 0 Å². The Bertz CT molecular complexity index is 210. The molecular formula is C19H40N2. The molecule has 2 heteroatoms. The summed E-state index contributed by atoms with van der Waals surface area (Å²) in [4.78, 5) is 2.65. The topological polar surface area (TPSA) is 27.1 Å². The fourth-order valence-corrected chi connectivity index (χ4v) is 3.07. The number of nitrogens with one attached hydrogen (secondary N) is 1. The van der Waals surface area contributed by atoms with Crippen LogP contribution in [0, 0.1) is 17.2 Å². The van der Waals surface area contributed by atoms with Crippen LogP contribution in [-0.4, -0.2) is 30.7 Å². The van der Waals surface area contributed by atoms with E-state index in [4.69, 9.17) is 5.41 Å². The molecule has 0 aromatic rings. The van der Waals surface area contributed by atoms with Crippen molar-refractivity contribution in [3.05, 3.63) is 0 Å². The number of hydrogen-bond donors (Lipinski definition) is 1. The summed E-state index contributed by atoms with van der Waals surface area (Å²) in [6, 6.07) is 0. The van der Waals surface area contributed by atoms with E-state index in [-0.39, 0.29) is 0 Å². The molecule has 0 aliphatic rings. The molecule has 0 amide bonds. The van der Waals surface area contributed by atoms with Gasteiger partial charge in [0.2, 0.25) is 0 Å². The van der Waals surface area contributed by atoms with Crippen molar-refractivity contribution in [2.45, 2.75) is 85.5 Å². The molecule has 0 aromatic carbocycles. The summed E-state index contributed by atoms with van der Waals surface area (Å²) in [6.07, 6.45) is 13.2. The molecular weight excluding hydrogens is 256 g/mol. The third-order valence-electron chi connectivity index (χ3n) is 4.71. The Morgan fingerprint density at radius 3 is 1.67 bits per heavy atom. The van der Waals surface area contributed by atoms with Gasteiger partial charge in [-0.25, -0.2) is 0 Å². The molecule has 2 atom stereocenters. The first-order chi connectivity index (χ1) is 10.2. The highest BCUT2D eigenvalue weighted by Crippen LogP contribution is 2.18. The third kappa shape index (κ3) is 10.9. The Labute approximate surface area is 134 Å². The van der Waals surface area contributed by atoms with E-state index >= 15 is 0 Å². The molecule has 0 aromatic heterocycles. The molecule has 0 saturated heterocycles. The fourth-order valence-electron chi connectivity index (χ4n) is 3.07. The Morgan fingerprint density at radius 2 is 1.33 bits per heavy atom. The Balaban J connectivity index is 4.41. The fraction of sp³-hybridized carbons (Fsp3) is 0.947. The molecule has 126 valence electrons. The Kier molecular flexibility index (Phi) is 14.3. The molecule has 0 fully saturated rings. The van der Waals surface area contributed by atoms with Gasteiger partial charge in [0.05, 0.1) is 0 Å². The summed E-state index contributed by atoms with van der Waals surface area (Å²) < 4.78 is 0. The van der Waals surface area contributed by atoms with E-state index < -0.39 is 0 Å². The van der Waals surface area contributed by atoms with Gasteiger partial charge in [-0.2, -0.15) is 0 Å². The quantitative estimate of drug-likeness (QED) is 0.382. The van der Waals surface area contributed by atoms with Crippen LogP contribution in [0.25, 0.3) is 0 Å². The maximum Gasteiger partial charge on any atom is 0.00309 e. The molecule has 0 aliphatic heterocycles. The lowest BCUT2D eigenvalue weighted by atomic mass is 9.95. The van der Waals surface area contributed by atoms with E-state index in [0.29, 0.717) is 0 Å². The summed E-state index contributed by atoms with van der Waals surface area (Å²) in [6.45, 7) is 12.8. The lowest BCUT2D eigenvalue weighted by molar-refractivity contribution is 0.185. The second-order valence-electron chi connectivity index (χ2n) is 6.59. The Morgan fingerprint density at radius 1 is 0.857 bits per heavy atom. The van der Waals surface area contributed by atoms with Crippen molar-refractivity contribution in [3.63, 3.8) is 0 Å². The van der Waals surface area contributed by atoms with Gasteiger partial charge >= 0.3 is 0 Å². The maximum atomic E-state index is 7.32. The zero-order valence-electron chi connectivity index (χ0n) is 15.2. The summed E-state index contributed by atoms with van der Waals surface area (Å²) in [5.41, 5.74) is 0. The third-order valence-corrected chi connectivity index (χ3v) is 4.71. The minimum Gasteiger partial charge on any atom is -0.313 e. The van der Waals surface area contributed by atoms with E-state index in [2.05, 4.69) is 32.6 Å². The van der Waals surface area contributed by atoms with E-state index in [9.17, 15) is 0 Å². The minimum absolute atomic E-state index is 0.847. The summed E-state index contributed by atoms with van der Waals surface area (Å²) in [5.74, 6) is 1.69. The minimum atomic E-state index is 0.847. The highest BCUT2D eigenvalue weighted by atomic mass is 15.1. The van der Waals surface area contributed by atoms with Gasteiger partial charge in [0.15, 0.2) is 0 Å².